The Kier molecular flexibility index (Phi) is 10.4. The number of hydrogen-bond acceptors (Lipinski definition) is 7. The van der Waals surface area contributed by atoms with E-state index in [0.717, 1.165) is 0 Å². The zero-order valence-corrected chi connectivity index (χ0v) is 8.19. The van der Waals surface area contributed by atoms with E-state index in [0.29, 0.717) is 0 Å². The van der Waals surface area contributed by atoms with Crippen molar-refractivity contribution >= 4 is 6.29 Å². The van der Waals surface area contributed by atoms with Crippen LogP contribution in [-0.4, -0.2) is 62.8 Å². The summed E-state index contributed by atoms with van der Waals surface area (Å²) in [7, 11) is 0. The van der Waals surface area contributed by atoms with Crippen molar-refractivity contribution in [2.24, 2.45) is 0 Å². The smallest absolute Gasteiger partial charge is 0.151 e. The first kappa shape index (κ1) is 16.4. The largest absolute Gasteiger partial charge is 0.394 e. The molecule has 0 spiro atoms. The van der Waals surface area contributed by atoms with Crippen molar-refractivity contribution in [3.63, 3.8) is 0 Å². The summed E-state index contributed by atoms with van der Waals surface area (Å²) in [5.74, 6) is 0. The molecule has 0 saturated carbocycles. The number of nitriles is 1. The summed E-state index contributed by atoms with van der Waals surface area (Å²) in [4.78, 5) is 9.90. The van der Waals surface area contributed by atoms with Crippen LogP contribution in [0, 0.1) is 11.3 Å². The summed E-state index contributed by atoms with van der Waals surface area (Å²) in [6.45, 7) is 0.670. The van der Waals surface area contributed by atoms with Gasteiger partial charge in [0.15, 0.2) is 6.29 Å². The van der Waals surface area contributed by atoms with Gasteiger partial charge in [-0.05, 0) is 0 Å². The molecule has 4 unspecified atom stereocenters. The summed E-state index contributed by atoms with van der Waals surface area (Å²) in [6.07, 6.45) is -6.84. The molecule has 15 heavy (non-hydrogen) atoms. The lowest BCUT2D eigenvalue weighted by molar-refractivity contribution is -0.136. The number of aldehydes is 1. The highest BCUT2D eigenvalue weighted by molar-refractivity contribution is 5.56. The van der Waals surface area contributed by atoms with Gasteiger partial charge in [0.05, 0.1) is 12.7 Å². The van der Waals surface area contributed by atoms with Gasteiger partial charge in [-0.3, -0.25) is 0 Å². The highest BCUT2D eigenvalue weighted by atomic mass is 16.4. The Labute approximate surface area is 86.8 Å². The minimum Gasteiger partial charge on any atom is -0.394 e. The average molecular weight is 221 g/mol. The predicted molar refractivity (Wildman–Crippen MR) is 48.5 cm³/mol. The second kappa shape index (κ2) is 9.51. The van der Waals surface area contributed by atoms with E-state index in [-0.39, 0.29) is 6.29 Å². The van der Waals surface area contributed by atoms with Gasteiger partial charge in [0.25, 0.3) is 0 Å². The Bertz CT molecular complexity index is 204. The van der Waals surface area contributed by atoms with E-state index in [1.807, 2.05) is 0 Å². The van der Waals surface area contributed by atoms with E-state index in [9.17, 15) is 4.79 Å². The summed E-state index contributed by atoms with van der Waals surface area (Å²) in [5, 5.41) is 50.9. The van der Waals surface area contributed by atoms with Crippen LogP contribution in [0.2, 0.25) is 0 Å². The van der Waals surface area contributed by atoms with Gasteiger partial charge in [0.1, 0.15) is 24.4 Å². The summed E-state index contributed by atoms with van der Waals surface area (Å²) < 4.78 is 0. The fraction of sp³-hybridized carbons (Fsp3) is 0.750. The standard InChI is InChI=1S/C6H12O6.C2H3N/c7-1-3(9)5(11)6(12)4(10)2-8;1-2-3/h1,3-6,8-12H,2H2;1H3. The molecule has 0 saturated heterocycles. The molecule has 0 fully saturated rings. The third-order valence-corrected chi connectivity index (χ3v) is 1.42. The summed E-state index contributed by atoms with van der Waals surface area (Å²) in [5.41, 5.74) is 0. The molecule has 0 radical (unpaired) electrons. The number of carbonyl (C=O) groups excluding carboxylic acids is 1. The number of carbonyl (C=O) groups is 1. The monoisotopic (exact) mass is 221 g/mol. The zero-order valence-electron chi connectivity index (χ0n) is 8.19. The highest BCUT2D eigenvalue weighted by Crippen LogP contribution is 2.02. The maximum atomic E-state index is 9.90. The number of hydrogen-bond donors (Lipinski definition) is 5. The molecule has 0 amide bonds. The predicted octanol–water partition coefficient (Wildman–Crippen LogP) is -2.85. The lowest BCUT2D eigenvalue weighted by Gasteiger charge is -2.22. The third kappa shape index (κ3) is 6.96. The topological polar surface area (TPSA) is 142 Å². The molecule has 0 aliphatic heterocycles. The lowest BCUT2D eigenvalue weighted by Crippen LogP contribution is -2.46. The Morgan fingerprint density at radius 3 is 1.93 bits per heavy atom. The van der Waals surface area contributed by atoms with Crippen LogP contribution >= 0.6 is 0 Å². The second-order valence-electron chi connectivity index (χ2n) is 2.58. The molecule has 0 aromatic carbocycles. The van der Waals surface area contributed by atoms with Crippen molar-refractivity contribution in [3.05, 3.63) is 0 Å². The van der Waals surface area contributed by atoms with Gasteiger partial charge in [0.2, 0.25) is 0 Å². The van der Waals surface area contributed by atoms with Crippen molar-refractivity contribution in [3.8, 4) is 6.07 Å². The summed E-state index contributed by atoms with van der Waals surface area (Å²) >= 11 is 0. The second-order valence-corrected chi connectivity index (χ2v) is 2.58. The fourth-order valence-corrected chi connectivity index (χ4v) is 0.618. The third-order valence-electron chi connectivity index (χ3n) is 1.42. The minimum absolute atomic E-state index is 0.0258. The van der Waals surface area contributed by atoms with Crippen LogP contribution in [0.25, 0.3) is 0 Å². The van der Waals surface area contributed by atoms with Crippen LogP contribution in [0.15, 0.2) is 0 Å². The molecule has 88 valence electrons. The molecule has 0 aromatic rings. The lowest BCUT2D eigenvalue weighted by atomic mass is 10.0. The van der Waals surface area contributed by atoms with Crippen molar-refractivity contribution in [1.29, 1.82) is 5.26 Å². The van der Waals surface area contributed by atoms with Crippen LogP contribution in [0.4, 0.5) is 0 Å². The van der Waals surface area contributed by atoms with E-state index in [2.05, 4.69) is 0 Å². The van der Waals surface area contributed by atoms with Crippen LogP contribution in [0.5, 0.6) is 0 Å². The Balaban J connectivity index is 0. The first-order valence-electron chi connectivity index (χ1n) is 4.05. The number of nitrogens with zero attached hydrogens (tertiary/aromatic N) is 1. The molecule has 7 heteroatoms. The SMILES string of the molecule is CC#N.O=CC(O)C(O)C(O)C(O)CO. The van der Waals surface area contributed by atoms with Crippen molar-refractivity contribution in [2.75, 3.05) is 6.61 Å². The van der Waals surface area contributed by atoms with E-state index in [4.69, 9.17) is 30.8 Å². The van der Waals surface area contributed by atoms with Crippen LogP contribution < -0.4 is 0 Å². The number of rotatable bonds is 5. The van der Waals surface area contributed by atoms with Gasteiger partial charge < -0.3 is 30.3 Å². The molecular formula is C8H15NO6. The van der Waals surface area contributed by atoms with Crippen LogP contribution in [-0.2, 0) is 4.79 Å². The Hall–Kier alpha value is -1.04. The quantitative estimate of drug-likeness (QED) is 0.314. The van der Waals surface area contributed by atoms with E-state index in [1.54, 1.807) is 6.07 Å². The molecule has 0 heterocycles. The Morgan fingerprint density at radius 1 is 1.27 bits per heavy atom. The van der Waals surface area contributed by atoms with Crippen LogP contribution in [0.3, 0.4) is 0 Å². The van der Waals surface area contributed by atoms with Gasteiger partial charge in [-0.25, -0.2) is 0 Å². The molecule has 4 atom stereocenters. The molecule has 0 aliphatic carbocycles. The van der Waals surface area contributed by atoms with E-state index in [1.165, 1.54) is 6.92 Å². The fourth-order valence-electron chi connectivity index (χ4n) is 0.618. The average Bonchev–Trinajstić information content (AvgIpc) is 2.25. The van der Waals surface area contributed by atoms with Gasteiger partial charge >= 0.3 is 0 Å². The van der Waals surface area contributed by atoms with Crippen molar-refractivity contribution < 1.29 is 30.3 Å². The first-order chi connectivity index (χ1) is 6.95. The molecule has 0 aromatic heterocycles. The van der Waals surface area contributed by atoms with Crippen molar-refractivity contribution in [1.82, 2.24) is 0 Å². The van der Waals surface area contributed by atoms with Gasteiger partial charge in [-0.2, -0.15) is 5.26 Å². The zero-order chi connectivity index (χ0) is 12.4. The number of aliphatic hydroxyl groups excluding tert-OH is 5. The maximum Gasteiger partial charge on any atom is 0.151 e. The van der Waals surface area contributed by atoms with Gasteiger partial charge in [0, 0.05) is 6.92 Å². The van der Waals surface area contributed by atoms with Gasteiger partial charge in [-0.1, -0.05) is 0 Å². The normalized spacial score (nSPS) is 17.4. The van der Waals surface area contributed by atoms with E-state index < -0.39 is 31.0 Å². The maximum absolute atomic E-state index is 9.90. The van der Waals surface area contributed by atoms with Crippen molar-refractivity contribution in [2.45, 2.75) is 31.3 Å². The molecule has 7 nitrogen and oxygen atoms in total. The number of aliphatic hydroxyl groups is 5. The highest BCUT2D eigenvalue weighted by Gasteiger charge is 2.29. The molecule has 0 bridgehead atoms. The molecule has 0 aliphatic rings. The first-order valence-corrected chi connectivity index (χ1v) is 4.05. The summed E-state index contributed by atoms with van der Waals surface area (Å²) in [6, 6.07) is 1.75. The molecular weight excluding hydrogens is 206 g/mol. The van der Waals surface area contributed by atoms with Gasteiger partial charge in [-0.15, -0.1) is 0 Å². The molecule has 5 N–H and O–H groups in total. The van der Waals surface area contributed by atoms with Crippen LogP contribution in [0.1, 0.15) is 6.92 Å². The minimum atomic E-state index is -1.79. The molecule has 0 rings (SSSR count). The van der Waals surface area contributed by atoms with E-state index >= 15 is 0 Å². The Morgan fingerprint density at radius 2 is 1.67 bits per heavy atom.